The predicted octanol–water partition coefficient (Wildman–Crippen LogP) is 6.60. The van der Waals surface area contributed by atoms with Gasteiger partial charge in [-0.05, 0) is 78.1 Å². The van der Waals surface area contributed by atoms with E-state index in [-0.39, 0.29) is 11.0 Å². The van der Waals surface area contributed by atoms with Crippen LogP contribution in [0.5, 0.6) is 5.75 Å². The van der Waals surface area contributed by atoms with Gasteiger partial charge in [-0.25, -0.2) is 4.98 Å². The molecule has 2 N–H and O–H groups in total. The molecule has 0 radical (unpaired) electrons. The van der Waals surface area contributed by atoms with E-state index < -0.39 is 0 Å². The van der Waals surface area contributed by atoms with Gasteiger partial charge in [0.1, 0.15) is 11.3 Å². The number of rotatable bonds is 9. The molecular weight excluding hydrogens is 470 g/mol. The van der Waals surface area contributed by atoms with Crippen molar-refractivity contribution in [3.05, 3.63) is 83.4 Å². The monoisotopic (exact) mass is 501 g/mol. The van der Waals surface area contributed by atoms with Crippen molar-refractivity contribution >= 4 is 34.3 Å². The number of benzene rings is 3. The molecule has 3 aromatic carbocycles. The fourth-order valence-corrected chi connectivity index (χ4v) is 3.82. The Balaban J connectivity index is 1.31. The number of fused-ring (bicyclic) bond motifs is 1. The molecule has 1 aromatic heterocycles. The van der Waals surface area contributed by atoms with Crippen LogP contribution in [-0.4, -0.2) is 22.6 Å². The lowest BCUT2D eigenvalue weighted by Gasteiger charge is -2.11. The number of carbonyl (C=O) groups excluding carboxylic acids is 1. The van der Waals surface area contributed by atoms with Gasteiger partial charge in [0.2, 0.25) is 5.89 Å². The minimum atomic E-state index is -0.277. The van der Waals surface area contributed by atoms with Gasteiger partial charge in [0, 0.05) is 17.7 Å². The van der Waals surface area contributed by atoms with Gasteiger partial charge in [0.25, 0.3) is 5.91 Å². The third kappa shape index (κ3) is 6.49. The first-order valence-electron chi connectivity index (χ1n) is 12.2. The van der Waals surface area contributed by atoms with Crippen molar-refractivity contribution in [3.8, 4) is 17.2 Å². The van der Waals surface area contributed by atoms with Crippen LogP contribution in [0.4, 0.5) is 0 Å². The number of nitrogens with one attached hydrogen (secondary N) is 2. The first-order valence-corrected chi connectivity index (χ1v) is 12.7. The number of nitrogens with zero attached hydrogens (tertiary/aromatic N) is 1. The second kappa shape index (κ2) is 11.8. The number of ether oxygens (including phenoxy) is 1. The first-order chi connectivity index (χ1) is 17.4. The van der Waals surface area contributed by atoms with Crippen LogP contribution in [0, 0.1) is 0 Å². The molecule has 0 saturated heterocycles. The summed E-state index contributed by atoms with van der Waals surface area (Å²) in [5.74, 6) is 1.43. The molecule has 0 spiro atoms. The third-order valence-corrected chi connectivity index (χ3v) is 6.07. The highest BCUT2D eigenvalue weighted by Crippen LogP contribution is 2.27. The summed E-state index contributed by atoms with van der Waals surface area (Å²) in [6, 6.07) is 21.1. The predicted molar refractivity (Wildman–Crippen MR) is 147 cm³/mol. The maximum absolute atomic E-state index is 12.6. The van der Waals surface area contributed by atoms with E-state index in [0.717, 1.165) is 35.1 Å². The molecule has 0 aliphatic heterocycles. The average Bonchev–Trinajstić information content (AvgIpc) is 3.31. The number of hydrogen-bond acceptors (Lipinski definition) is 5. The van der Waals surface area contributed by atoms with Crippen molar-refractivity contribution in [1.29, 1.82) is 0 Å². The molecule has 7 heteroatoms. The lowest BCUT2D eigenvalue weighted by atomic mass is 10.0. The Labute approximate surface area is 217 Å². The van der Waals surface area contributed by atoms with E-state index in [1.54, 1.807) is 18.2 Å². The highest BCUT2D eigenvalue weighted by Gasteiger charge is 2.11. The van der Waals surface area contributed by atoms with E-state index in [9.17, 15) is 4.79 Å². The molecule has 0 aliphatic carbocycles. The van der Waals surface area contributed by atoms with Crippen LogP contribution in [0.1, 0.15) is 61.0 Å². The van der Waals surface area contributed by atoms with E-state index in [1.807, 2.05) is 36.4 Å². The zero-order valence-electron chi connectivity index (χ0n) is 20.8. The molecule has 1 heterocycles. The Hall–Kier alpha value is -3.71. The van der Waals surface area contributed by atoms with Gasteiger partial charge < -0.3 is 14.5 Å². The van der Waals surface area contributed by atoms with Crippen LogP contribution < -0.4 is 15.4 Å². The third-order valence-electron chi connectivity index (χ3n) is 5.82. The van der Waals surface area contributed by atoms with E-state index in [4.69, 9.17) is 21.4 Å². The maximum atomic E-state index is 12.6. The average molecular weight is 502 g/mol. The van der Waals surface area contributed by atoms with Gasteiger partial charge in [-0.3, -0.25) is 10.1 Å². The zero-order valence-corrected chi connectivity index (χ0v) is 21.7. The molecular formula is C29H31N3O3S. The summed E-state index contributed by atoms with van der Waals surface area (Å²) in [5.41, 5.74) is 5.29. The smallest absolute Gasteiger partial charge is 0.257 e. The number of thiocarbonyl (C=S) groups is 1. The van der Waals surface area contributed by atoms with Crippen LogP contribution in [0.3, 0.4) is 0 Å². The summed E-state index contributed by atoms with van der Waals surface area (Å²) >= 11 is 5.32. The fourth-order valence-electron chi connectivity index (χ4n) is 3.66. The Morgan fingerprint density at radius 1 is 1.08 bits per heavy atom. The van der Waals surface area contributed by atoms with Gasteiger partial charge >= 0.3 is 0 Å². The SMILES string of the molecule is CCCCOc1cccc(C(=O)NC(=S)NCc2ccc(-c3nc4cc(C(C)C)ccc4o3)cc2)c1. The highest BCUT2D eigenvalue weighted by atomic mass is 32.1. The van der Waals surface area contributed by atoms with Gasteiger partial charge in [-0.2, -0.15) is 0 Å². The molecule has 0 unspecified atom stereocenters. The lowest BCUT2D eigenvalue weighted by molar-refractivity contribution is 0.0976. The lowest BCUT2D eigenvalue weighted by Crippen LogP contribution is -2.38. The molecule has 1 amide bonds. The zero-order chi connectivity index (χ0) is 25.5. The second-order valence-electron chi connectivity index (χ2n) is 8.96. The molecule has 186 valence electrons. The van der Waals surface area contributed by atoms with Crippen molar-refractivity contribution in [2.75, 3.05) is 6.61 Å². The van der Waals surface area contributed by atoms with Crippen LogP contribution in [0.25, 0.3) is 22.6 Å². The van der Waals surface area contributed by atoms with Crippen molar-refractivity contribution < 1.29 is 13.9 Å². The molecule has 36 heavy (non-hydrogen) atoms. The molecule has 4 rings (SSSR count). The quantitative estimate of drug-likeness (QED) is 0.199. The van der Waals surface area contributed by atoms with Crippen LogP contribution in [-0.2, 0) is 6.54 Å². The number of unbranched alkanes of at least 4 members (excludes halogenated alkanes) is 1. The minimum Gasteiger partial charge on any atom is -0.494 e. The summed E-state index contributed by atoms with van der Waals surface area (Å²) in [6.45, 7) is 7.54. The summed E-state index contributed by atoms with van der Waals surface area (Å²) < 4.78 is 11.6. The number of aromatic nitrogens is 1. The number of amides is 1. The normalized spacial score (nSPS) is 11.0. The topological polar surface area (TPSA) is 76.4 Å². The van der Waals surface area contributed by atoms with Crippen molar-refractivity contribution in [1.82, 2.24) is 15.6 Å². The van der Waals surface area contributed by atoms with Crippen molar-refractivity contribution in [2.45, 2.75) is 46.1 Å². The van der Waals surface area contributed by atoms with Crippen LogP contribution in [0.2, 0.25) is 0 Å². The van der Waals surface area contributed by atoms with Crippen molar-refractivity contribution in [3.63, 3.8) is 0 Å². The van der Waals surface area contributed by atoms with Gasteiger partial charge in [0.05, 0.1) is 6.61 Å². The maximum Gasteiger partial charge on any atom is 0.257 e. The van der Waals surface area contributed by atoms with Gasteiger partial charge in [-0.15, -0.1) is 0 Å². The Bertz CT molecular complexity index is 1350. The number of oxazole rings is 1. The Morgan fingerprint density at radius 2 is 1.89 bits per heavy atom. The fraction of sp³-hybridized carbons (Fsp3) is 0.276. The molecule has 0 saturated carbocycles. The van der Waals surface area contributed by atoms with E-state index >= 15 is 0 Å². The summed E-state index contributed by atoms with van der Waals surface area (Å²) in [7, 11) is 0. The van der Waals surface area contributed by atoms with Gasteiger partial charge in [-0.1, -0.05) is 51.5 Å². The Kier molecular flexibility index (Phi) is 8.33. The molecule has 4 aromatic rings. The minimum absolute atomic E-state index is 0.265. The highest BCUT2D eigenvalue weighted by molar-refractivity contribution is 7.80. The number of hydrogen-bond donors (Lipinski definition) is 2. The van der Waals surface area contributed by atoms with Crippen molar-refractivity contribution in [2.24, 2.45) is 0 Å². The summed E-state index contributed by atoms with van der Waals surface area (Å²) in [5, 5.41) is 6.07. The molecule has 0 fully saturated rings. The summed E-state index contributed by atoms with van der Waals surface area (Å²) in [4.78, 5) is 17.2. The van der Waals surface area contributed by atoms with E-state index in [0.29, 0.717) is 36.3 Å². The summed E-state index contributed by atoms with van der Waals surface area (Å²) in [6.07, 6.45) is 2.03. The van der Waals surface area contributed by atoms with E-state index in [2.05, 4.69) is 48.5 Å². The number of carbonyl (C=O) groups is 1. The van der Waals surface area contributed by atoms with Gasteiger partial charge in [0.15, 0.2) is 10.7 Å². The molecule has 0 bridgehead atoms. The van der Waals surface area contributed by atoms with Crippen LogP contribution in [0.15, 0.2) is 71.1 Å². The molecule has 0 aliphatic rings. The Morgan fingerprint density at radius 3 is 2.64 bits per heavy atom. The van der Waals surface area contributed by atoms with E-state index in [1.165, 1.54) is 5.56 Å². The first kappa shape index (κ1) is 25.4. The standard InChI is InChI=1S/C29H31N3O3S/c1-4-5-15-34-24-8-6-7-23(16-24)27(33)32-29(36)30-18-20-9-11-21(12-10-20)28-31-25-17-22(19(2)3)13-14-26(25)35-28/h6-14,16-17,19H,4-5,15,18H2,1-3H3,(H2,30,32,33,36). The second-order valence-corrected chi connectivity index (χ2v) is 9.37. The largest absolute Gasteiger partial charge is 0.494 e. The van der Waals surface area contributed by atoms with Crippen LogP contribution >= 0.6 is 12.2 Å². The molecule has 6 nitrogen and oxygen atoms in total. The molecule has 0 atom stereocenters.